The number of ether oxygens (including phenoxy) is 1. The molecule has 0 N–H and O–H groups in total. The molecule has 3 rings (SSSR count). The molecule has 0 aromatic carbocycles. The summed E-state index contributed by atoms with van der Waals surface area (Å²) in [4.78, 5) is 22.8. The molecule has 140 valence electrons. The molecule has 0 saturated carbocycles. The lowest BCUT2D eigenvalue weighted by Crippen LogP contribution is -2.25. The van der Waals surface area contributed by atoms with Crippen LogP contribution in [0.3, 0.4) is 0 Å². The van der Waals surface area contributed by atoms with Crippen LogP contribution in [-0.4, -0.2) is 39.3 Å². The number of amides is 1. The van der Waals surface area contributed by atoms with Crippen LogP contribution in [0.4, 0.5) is 0 Å². The highest BCUT2D eigenvalue weighted by atomic mass is 35.5. The first-order valence-electron chi connectivity index (χ1n) is 8.47. The molecule has 1 amide bonds. The smallest absolute Gasteiger partial charge is 0.246 e. The van der Waals surface area contributed by atoms with Crippen LogP contribution in [0.1, 0.15) is 22.5 Å². The molecular formula is C20H21ClN4O2. The van der Waals surface area contributed by atoms with Crippen molar-refractivity contribution >= 4 is 29.2 Å². The maximum atomic E-state index is 12.5. The molecule has 3 aromatic heterocycles. The molecule has 0 saturated heterocycles. The number of fused-ring (bicyclic) bond motifs is 1. The van der Waals surface area contributed by atoms with Crippen LogP contribution in [0.5, 0.6) is 5.75 Å². The van der Waals surface area contributed by atoms with Gasteiger partial charge in [-0.1, -0.05) is 17.7 Å². The van der Waals surface area contributed by atoms with Gasteiger partial charge in [-0.05, 0) is 32.1 Å². The predicted molar refractivity (Wildman–Crippen MR) is 106 cm³/mol. The van der Waals surface area contributed by atoms with E-state index in [0.717, 1.165) is 28.2 Å². The quantitative estimate of drug-likeness (QED) is 0.629. The van der Waals surface area contributed by atoms with Crippen LogP contribution in [0, 0.1) is 13.8 Å². The summed E-state index contributed by atoms with van der Waals surface area (Å²) < 4.78 is 7.26. The fourth-order valence-corrected chi connectivity index (χ4v) is 3.19. The number of rotatable bonds is 5. The Morgan fingerprint density at radius 2 is 2.15 bits per heavy atom. The molecule has 0 spiro atoms. The van der Waals surface area contributed by atoms with Gasteiger partial charge in [0.1, 0.15) is 11.4 Å². The minimum atomic E-state index is -0.155. The van der Waals surface area contributed by atoms with Crippen molar-refractivity contribution in [3.05, 3.63) is 64.3 Å². The lowest BCUT2D eigenvalue weighted by atomic mass is 10.1. The highest BCUT2D eigenvalue weighted by Crippen LogP contribution is 2.24. The van der Waals surface area contributed by atoms with E-state index in [-0.39, 0.29) is 5.91 Å². The average Bonchev–Trinajstić information content (AvgIpc) is 2.97. The minimum absolute atomic E-state index is 0.155. The number of methoxy groups -OCH3 is 1. The van der Waals surface area contributed by atoms with Gasteiger partial charge in [0.05, 0.1) is 25.0 Å². The Bertz CT molecular complexity index is 1030. The molecule has 27 heavy (non-hydrogen) atoms. The Kier molecular flexibility index (Phi) is 5.46. The molecule has 0 aliphatic carbocycles. The molecule has 7 heteroatoms. The topological polar surface area (TPSA) is 59.7 Å². The number of carbonyl (C=O) groups is 1. The van der Waals surface area contributed by atoms with Gasteiger partial charge in [-0.3, -0.25) is 14.2 Å². The van der Waals surface area contributed by atoms with Crippen LogP contribution in [0.15, 0.2) is 36.7 Å². The molecule has 0 bridgehead atoms. The largest absolute Gasteiger partial charge is 0.496 e. The zero-order valence-electron chi connectivity index (χ0n) is 15.7. The maximum absolute atomic E-state index is 12.5. The number of aryl methyl sites for hydroxylation is 1. The van der Waals surface area contributed by atoms with Gasteiger partial charge in [-0.2, -0.15) is 0 Å². The third kappa shape index (κ3) is 3.80. The number of imidazole rings is 1. The summed E-state index contributed by atoms with van der Waals surface area (Å²) in [6, 6.07) is 5.63. The SMILES string of the molecule is COc1c(C)cnc(CN(C)C(=O)C=Cc2c(Cl)nc3ccccn23)c1C. The van der Waals surface area contributed by atoms with Gasteiger partial charge in [0.25, 0.3) is 0 Å². The van der Waals surface area contributed by atoms with Crippen molar-refractivity contribution in [2.45, 2.75) is 20.4 Å². The molecule has 3 heterocycles. The number of likely N-dealkylation sites (N-methyl/N-ethyl adjacent to an activating group) is 1. The van der Waals surface area contributed by atoms with Crippen molar-refractivity contribution in [1.29, 1.82) is 0 Å². The zero-order chi connectivity index (χ0) is 19.6. The van der Waals surface area contributed by atoms with E-state index < -0.39 is 0 Å². The lowest BCUT2D eigenvalue weighted by Gasteiger charge is -2.18. The van der Waals surface area contributed by atoms with Crippen molar-refractivity contribution in [1.82, 2.24) is 19.3 Å². The van der Waals surface area contributed by atoms with Crippen LogP contribution in [0.2, 0.25) is 5.15 Å². The van der Waals surface area contributed by atoms with Gasteiger partial charge < -0.3 is 9.64 Å². The van der Waals surface area contributed by atoms with Crippen LogP contribution in [-0.2, 0) is 11.3 Å². The summed E-state index contributed by atoms with van der Waals surface area (Å²) in [6.07, 6.45) is 6.78. The third-order valence-electron chi connectivity index (χ3n) is 4.42. The standard InChI is InChI=1S/C20H21ClN4O2/c1-13-11-22-15(14(2)19(13)27-4)12-24(3)18(26)9-8-16-20(21)23-17-7-5-6-10-25(16)17/h5-11H,12H2,1-4H3. The maximum Gasteiger partial charge on any atom is 0.246 e. The van der Waals surface area contributed by atoms with E-state index in [0.29, 0.717) is 17.4 Å². The van der Waals surface area contributed by atoms with Gasteiger partial charge in [-0.25, -0.2) is 4.98 Å². The second kappa shape index (κ2) is 7.80. The van der Waals surface area contributed by atoms with Gasteiger partial charge in [0, 0.05) is 36.6 Å². The Hall–Kier alpha value is -2.86. The Morgan fingerprint density at radius 3 is 2.89 bits per heavy atom. The van der Waals surface area contributed by atoms with Crippen molar-refractivity contribution < 1.29 is 9.53 Å². The molecule has 0 aliphatic heterocycles. The molecule has 6 nitrogen and oxygen atoms in total. The number of nitrogens with zero attached hydrogens (tertiary/aromatic N) is 4. The highest BCUT2D eigenvalue weighted by Gasteiger charge is 2.14. The summed E-state index contributed by atoms with van der Waals surface area (Å²) in [5.41, 5.74) is 4.10. The van der Waals surface area contributed by atoms with Crippen molar-refractivity contribution in [3.63, 3.8) is 0 Å². The van der Waals surface area contributed by atoms with E-state index in [1.807, 2.05) is 42.6 Å². The lowest BCUT2D eigenvalue weighted by molar-refractivity contribution is -0.125. The summed E-state index contributed by atoms with van der Waals surface area (Å²) >= 11 is 6.20. The van der Waals surface area contributed by atoms with Crippen molar-refractivity contribution in [3.8, 4) is 5.75 Å². The fourth-order valence-electron chi connectivity index (χ4n) is 2.95. The second-order valence-electron chi connectivity index (χ2n) is 6.29. The first kappa shape index (κ1) is 18.9. The molecule has 0 unspecified atom stereocenters. The Morgan fingerprint density at radius 1 is 1.37 bits per heavy atom. The zero-order valence-corrected chi connectivity index (χ0v) is 16.5. The number of aromatic nitrogens is 3. The van der Waals surface area contributed by atoms with E-state index in [2.05, 4.69) is 9.97 Å². The van der Waals surface area contributed by atoms with Gasteiger partial charge in [0.2, 0.25) is 5.91 Å². The highest BCUT2D eigenvalue weighted by molar-refractivity contribution is 6.31. The summed E-state index contributed by atoms with van der Waals surface area (Å²) in [5, 5.41) is 0.355. The fraction of sp³-hybridized carbons (Fsp3) is 0.250. The number of pyridine rings is 2. The molecule has 0 aliphatic rings. The van der Waals surface area contributed by atoms with Crippen LogP contribution in [0.25, 0.3) is 11.7 Å². The van der Waals surface area contributed by atoms with E-state index in [9.17, 15) is 4.79 Å². The summed E-state index contributed by atoms with van der Waals surface area (Å²) in [6.45, 7) is 4.27. The first-order chi connectivity index (χ1) is 12.9. The monoisotopic (exact) mass is 384 g/mol. The van der Waals surface area contributed by atoms with Gasteiger partial charge in [0.15, 0.2) is 5.15 Å². The van der Waals surface area contributed by atoms with E-state index >= 15 is 0 Å². The van der Waals surface area contributed by atoms with Gasteiger partial charge >= 0.3 is 0 Å². The third-order valence-corrected chi connectivity index (χ3v) is 4.70. The molecule has 0 radical (unpaired) electrons. The molecule has 0 fully saturated rings. The Balaban J connectivity index is 1.78. The van der Waals surface area contributed by atoms with E-state index in [1.54, 1.807) is 31.3 Å². The number of hydrogen-bond acceptors (Lipinski definition) is 4. The number of hydrogen-bond donors (Lipinski definition) is 0. The van der Waals surface area contributed by atoms with Crippen LogP contribution >= 0.6 is 11.6 Å². The predicted octanol–water partition coefficient (Wildman–Crippen LogP) is 3.68. The molecule has 0 atom stereocenters. The summed E-state index contributed by atoms with van der Waals surface area (Å²) in [5.74, 6) is 0.645. The molecular weight excluding hydrogens is 364 g/mol. The van der Waals surface area contributed by atoms with E-state index in [4.69, 9.17) is 16.3 Å². The van der Waals surface area contributed by atoms with Crippen LogP contribution < -0.4 is 4.74 Å². The Labute approximate surface area is 163 Å². The van der Waals surface area contributed by atoms with Crippen molar-refractivity contribution in [2.24, 2.45) is 0 Å². The summed E-state index contributed by atoms with van der Waals surface area (Å²) in [7, 11) is 3.37. The second-order valence-corrected chi connectivity index (χ2v) is 6.65. The van der Waals surface area contributed by atoms with Crippen molar-refractivity contribution in [2.75, 3.05) is 14.2 Å². The minimum Gasteiger partial charge on any atom is -0.496 e. The van der Waals surface area contributed by atoms with E-state index in [1.165, 1.54) is 6.08 Å². The molecule has 3 aromatic rings. The van der Waals surface area contributed by atoms with Gasteiger partial charge in [-0.15, -0.1) is 0 Å². The first-order valence-corrected chi connectivity index (χ1v) is 8.85. The normalized spacial score (nSPS) is 11.3. The number of halogens is 1. The average molecular weight is 385 g/mol. The number of carbonyl (C=O) groups excluding carboxylic acids is 1.